The fraction of sp³-hybridized carbons (Fsp3) is 0. The third kappa shape index (κ3) is 3.05. The van der Waals surface area contributed by atoms with E-state index in [1.54, 1.807) is 18.2 Å². The van der Waals surface area contributed by atoms with Crippen molar-refractivity contribution >= 4 is 22.6 Å². The van der Waals surface area contributed by atoms with Gasteiger partial charge >= 0.3 is 0 Å². The van der Waals surface area contributed by atoms with Crippen LogP contribution in [-0.4, -0.2) is 0 Å². The van der Waals surface area contributed by atoms with E-state index < -0.39 is 0 Å². The number of hydrogen-bond acceptors (Lipinski definition) is 0. The molecule has 0 N–H and O–H groups in total. The zero-order valence-electron chi connectivity index (χ0n) is 4.57. The van der Waals surface area contributed by atoms with Gasteiger partial charge in [-0.2, -0.15) is 18.2 Å². The molecule has 0 saturated heterocycles. The van der Waals surface area contributed by atoms with Crippen molar-refractivity contribution in [3.8, 4) is 0 Å². The quantitative estimate of drug-likeness (QED) is 0.509. The summed E-state index contributed by atoms with van der Waals surface area (Å²) in [6, 6.07) is 7.43. The van der Waals surface area contributed by atoms with Crippen LogP contribution in [0.4, 0.5) is 4.39 Å². The summed E-state index contributed by atoms with van der Waals surface area (Å²) in [4.78, 5) is 0. The molecular formula is C6H3FIY-. The largest absolute Gasteiger partial charge is 0.235 e. The summed E-state index contributed by atoms with van der Waals surface area (Å²) in [5.74, 6) is -0.270. The second-order valence-electron chi connectivity index (χ2n) is 1.33. The van der Waals surface area contributed by atoms with E-state index >= 15 is 0 Å². The monoisotopic (exact) mass is 310 g/mol. The summed E-state index contributed by atoms with van der Waals surface area (Å²) in [5, 5.41) is 0. The fourth-order valence-corrected chi connectivity index (χ4v) is 0.759. The molecule has 0 bridgehead atoms. The average Bonchev–Trinajstić information content (AvgIpc) is 1.77. The van der Waals surface area contributed by atoms with Gasteiger partial charge in [-0.05, 0) is 0 Å². The van der Waals surface area contributed by atoms with Crippen LogP contribution in [0.25, 0.3) is 0 Å². The van der Waals surface area contributed by atoms with Gasteiger partial charge in [0.15, 0.2) is 0 Å². The molecule has 0 atom stereocenters. The number of hydrogen-bond donors (Lipinski definition) is 0. The molecule has 0 heterocycles. The molecule has 0 saturated carbocycles. The summed E-state index contributed by atoms with van der Waals surface area (Å²) in [6.07, 6.45) is 0. The number of halogens is 2. The van der Waals surface area contributed by atoms with Gasteiger partial charge in [-0.15, -0.1) is 28.7 Å². The van der Waals surface area contributed by atoms with Gasteiger partial charge in [0.05, 0.1) is 0 Å². The molecule has 0 aliphatic heterocycles. The predicted molar refractivity (Wildman–Crippen MR) is 38.0 cm³/mol. The molecule has 0 aliphatic carbocycles. The molecule has 3 heteroatoms. The van der Waals surface area contributed by atoms with Crippen LogP contribution in [0, 0.1) is 15.5 Å². The van der Waals surface area contributed by atoms with Crippen LogP contribution >= 0.6 is 22.6 Å². The van der Waals surface area contributed by atoms with Gasteiger partial charge in [0.2, 0.25) is 0 Å². The van der Waals surface area contributed by atoms with E-state index in [0.717, 1.165) is 0 Å². The Morgan fingerprint density at radius 2 is 2.22 bits per heavy atom. The van der Waals surface area contributed by atoms with E-state index in [4.69, 9.17) is 0 Å². The molecule has 0 aliphatic rings. The van der Waals surface area contributed by atoms with E-state index in [1.807, 2.05) is 22.6 Å². The third-order valence-electron chi connectivity index (χ3n) is 0.759. The van der Waals surface area contributed by atoms with Gasteiger partial charge < -0.3 is 0 Å². The van der Waals surface area contributed by atoms with Crippen LogP contribution in [0.1, 0.15) is 0 Å². The molecule has 1 radical (unpaired) electrons. The molecule has 0 amide bonds. The Kier molecular flexibility index (Phi) is 5.27. The van der Waals surface area contributed by atoms with Crippen molar-refractivity contribution in [3.63, 3.8) is 0 Å². The Labute approximate surface area is 92.2 Å². The van der Waals surface area contributed by atoms with Crippen molar-refractivity contribution in [2.75, 3.05) is 0 Å². The zero-order valence-corrected chi connectivity index (χ0v) is 9.56. The Balaban J connectivity index is 0.000000640. The summed E-state index contributed by atoms with van der Waals surface area (Å²) in [5.41, 5.74) is 0. The Morgan fingerprint density at radius 3 is 2.56 bits per heavy atom. The molecule has 9 heavy (non-hydrogen) atoms. The second kappa shape index (κ2) is 4.75. The molecule has 0 nitrogen and oxygen atoms in total. The van der Waals surface area contributed by atoms with Crippen LogP contribution in [0.5, 0.6) is 0 Å². The van der Waals surface area contributed by atoms with Gasteiger partial charge in [0.25, 0.3) is 0 Å². The van der Waals surface area contributed by atoms with E-state index in [9.17, 15) is 4.39 Å². The molecule has 1 aromatic carbocycles. The normalized spacial score (nSPS) is 8.22. The van der Waals surface area contributed by atoms with Crippen molar-refractivity contribution in [1.82, 2.24) is 0 Å². The van der Waals surface area contributed by atoms with E-state index in [0.29, 0.717) is 3.57 Å². The molecule has 0 spiro atoms. The first kappa shape index (κ1) is 9.98. The fourth-order valence-electron chi connectivity index (χ4n) is 0.396. The van der Waals surface area contributed by atoms with Crippen molar-refractivity contribution in [2.24, 2.45) is 0 Å². The van der Waals surface area contributed by atoms with Crippen molar-refractivity contribution in [1.29, 1.82) is 0 Å². The predicted octanol–water partition coefficient (Wildman–Crippen LogP) is 2.23. The van der Waals surface area contributed by atoms with Gasteiger partial charge in [0, 0.05) is 38.5 Å². The standard InChI is InChI=1S/C6H3FI.Y/c7-5-3-1-2-4-6(5)8;/h1-2,4H;/q-1;. The Hall–Kier alpha value is 0.984. The van der Waals surface area contributed by atoms with Crippen LogP contribution in [0.3, 0.4) is 0 Å². The SMILES string of the molecule is Fc1[c-]cccc1I.[Y]. The first-order valence-corrected chi connectivity index (χ1v) is 3.20. The molecular weight excluding hydrogens is 307 g/mol. The minimum atomic E-state index is -0.270. The maximum atomic E-state index is 12.3. The molecule has 0 fully saturated rings. The smallest absolute Gasteiger partial charge is 0.0238 e. The van der Waals surface area contributed by atoms with E-state index in [2.05, 4.69) is 6.07 Å². The number of benzene rings is 1. The van der Waals surface area contributed by atoms with Gasteiger partial charge in [-0.3, -0.25) is 0 Å². The Morgan fingerprint density at radius 1 is 1.56 bits per heavy atom. The first-order chi connectivity index (χ1) is 3.80. The minimum Gasteiger partial charge on any atom is -0.235 e. The Bertz CT molecular complexity index is 169. The van der Waals surface area contributed by atoms with Crippen LogP contribution in [0.2, 0.25) is 0 Å². The average molecular weight is 310 g/mol. The molecule has 1 aromatic rings. The van der Waals surface area contributed by atoms with Crippen molar-refractivity contribution in [2.45, 2.75) is 0 Å². The van der Waals surface area contributed by atoms with E-state index in [1.165, 1.54) is 0 Å². The van der Waals surface area contributed by atoms with Crippen LogP contribution in [-0.2, 0) is 32.7 Å². The topological polar surface area (TPSA) is 0 Å². The summed E-state index contributed by atoms with van der Waals surface area (Å²) < 4.78 is 12.9. The van der Waals surface area contributed by atoms with E-state index in [-0.39, 0.29) is 38.5 Å². The molecule has 0 unspecified atom stereocenters. The van der Waals surface area contributed by atoms with Crippen molar-refractivity contribution < 1.29 is 37.1 Å². The molecule has 1 rings (SSSR count). The second-order valence-corrected chi connectivity index (χ2v) is 2.49. The summed E-state index contributed by atoms with van der Waals surface area (Å²) in [6.45, 7) is 0. The maximum absolute atomic E-state index is 12.3. The summed E-state index contributed by atoms with van der Waals surface area (Å²) in [7, 11) is 0. The van der Waals surface area contributed by atoms with Gasteiger partial charge in [-0.1, -0.05) is 3.57 Å². The van der Waals surface area contributed by atoms with Gasteiger partial charge in [-0.25, -0.2) is 4.39 Å². The first-order valence-electron chi connectivity index (χ1n) is 2.12. The van der Waals surface area contributed by atoms with Crippen molar-refractivity contribution in [3.05, 3.63) is 33.7 Å². The molecule has 45 valence electrons. The van der Waals surface area contributed by atoms with Gasteiger partial charge in [0.1, 0.15) is 0 Å². The molecule has 0 aromatic heterocycles. The maximum Gasteiger partial charge on any atom is 0.0238 e. The van der Waals surface area contributed by atoms with Crippen LogP contribution < -0.4 is 0 Å². The zero-order chi connectivity index (χ0) is 5.98. The third-order valence-corrected chi connectivity index (χ3v) is 1.59. The summed E-state index contributed by atoms with van der Waals surface area (Å²) >= 11 is 1.92. The number of rotatable bonds is 0. The minimum absolute atomic E-state index is 0. The van der Waals surface area contributed by atoms with Crippen LogP contribution in [0.15, 0.2) is 18.2 Å².